The Morgan fingerprint density at radius 2 is 2.43 bits per heavy atom. The van der Waals surface area contributed by atoms with Gasteiger partial charge in [-0.15, -0.1) is 0 Å². The molecule has 0 atom stereocenters. The molecule has 0 spiro atoms. The van der Waals surface area contributed by atoms with E-state index >= 15 is 0 Å². The topological polar surface area (TPSA) is 45.8 Å². The van der Waals surface area contributed by atoms with Gasteiger partial charge >= 0.3 is 0 Å². The summed E-state index contributed by atoms with van der Waals surface area (Å²) in [5.74, 6) is -0.568. The average Bonchev–Trinajstić information content (AvgIpc) is 2.61. The number of pyridine rings is 1. The van der Waals surface area contributed by atoms with E-state index < -0.39 is 5.82 Å². The van der Waals surface area contributed by atoms with Crippen LogP contribution in [0.3, 0.4) is 0 Å². The summed E-state index contributed by atoms with van der Waals surface area (Å²) in [6.45, 7) is 1.95. The molecule has 2 heterocycles. The SMILES string of the molecule is CCc1c[nH]c2ncc(F)c(C=O)c12. The van der Waals surface area contributed by atoms with Crippen LogP contribution in [0, 0.1) is 5.82 Å². The molecule has 3 nitrogen and oxygen atoms in total. The summed E-state index contributed by atoms with van der Waals surface area (Å²) in [5.41, 5.74) is 1.56. The number of aromatic amines is 1. The molecule has 0 saturated heterocycles. The molecule has 0 aliphatic heterocycles. The Kier molecular flexibility index (Phi) is 2.04. The quantitative estimate of drug-likeness (QED) is 0.740. The van der Waals surface area contributed by atoms with Gasteiger partial charge in [0.1, 0.15) is 5.65 Å². The average molecular weight is 192 g/mol. The Morgan fingerprint density at radius 3 is 3.07 bits per heavy atom. The van der Waals surface area contributed by atoms with E-state index in [1.165, 1.54) is 0 Å². The van der Waals surface area contributed by atoms with Crippen LogP contribution in [0.25, 0.3) is 11.0 Å². The van der Waals surface area contributed by atoms with Crippen molar-refractivity contribution < 1.29 is 9.18 Å². The van der Waals surface area contributed by atoms with Crippen LogP contribution in [-0.4, -0.2) is 16.3 Å². The van der Waals surface area contributed by atoms with Gasteiger partial charge in [0, 0.05) is 11.6 Å². The summed E-state index contributed by atoms with van der Waals surface area (Å²) in [4.78, 5) is 17.5. The molecule has 0 fully saturated rings. The zero-order valence-corrected chi connectivity index (χ0v) is 7.67. The van der Waals surface area contributed by atoms with Gasteiger partial charge < -0.3 is 4.98 Å². The lowest BCUT2D eigenvalue weighted by Crippen LogP contribution is -1.92. The molecule has 0 amide bonds. The van der Waals surface area contributed by atoms with Crippen molar-refractivity contribution in [3.8, 4) is 0 Å². The molecule has 0 bridgehead atoms. The third-order valence-electron chi connectivity index (χ3n) is 2.27. The lowest BCUT2D eigenvalue weighted by molar-refractivity contribution is 0.112. The molecule has 0 aromatic carbocycles. The molecular weight excluding hydrogens is 183 g/mol. The number of hydrogen-bond acceptors (Lipinski definition) is 2. The summed E-state index contributed by atoms with van der Waals surface area (Å²) in [6, 6.07) is 0. The van der Waals surface area contributed by atoms with Gasteiger partial charge in [-0.2, -0.15) is 0 Å². The monoisotopic (exact) mass is 192 g/mol. The highest BCUT2D eigenvalue weighted by molar-refractivity contribution is 5.97. The number of H-pyrrole nitrogens is 1. The third kappa shape index (κ3) is 1.11. The fraction of sp³-hybridized carbons (Fsp3) is 0.200. The first kappa shape index (κ1) is 8.87. The molecule has 4 heteroatoms. The van der Waals surface area contributed by atoms with Crippen molar-refractivity contribution >= 4 is 17.3 Å². The minimum atomic E-state index is -0.568. The highest BCUT2D eigenvalue weighted by atomic mass is 19.1. The van der Waals surface area contributed by atoms with Crippen molar-refractivity contribution in [2.24, 2.45) is 0 Å². The van der Waals surface area contributed by atoms with E-state index in [1.807, 2.05) is 6.92 Å². The maximum Gasteiger partial charge on any atom is 0.153 e. The van der Waals surface area contributed by atoms with E-state index in [1.54, 1.807) is 6.20 Å². The normalized spacial score (nSPS) is 10.7. The smallest absolute Gasteiger partial charge is 0.153 e. The summed E-state index contributed by atoms with van der Waals surface area (Å²) in [5, 5.41) is 0.600. The molecule has 72 valence electrons. The molecule has 0 saturated carbocycles. The van der Waals surface area contributed by atoms with Crippen molar-refractivity contribution in [1.82, 2.24) is 9.97 Å². The lowest BCUT2D eigenvalue weighted by Gasteiger charge is -1.98. The number of fused-ring (bicyclic) bond motifs is 1. The van der Waals surface area contributed by atoms with Crippen molar-refractivity contribution in [1.29, 1.82) is 0 Å². The number of carbonyl (C=O) groups excluding carboxylic acids is 1. The van der Waals surface area contributed by atoms with E-state index in [0.717, 1.165) is 18.2 Å². The zero-order valence-electron chi connectivity index (χ0n) is 7.67. The van der Waals surface area contributed by atoms with Crippen LogP contribution in [-0.2, 0) is 6.42 Å². The molecule has 0 unspecified atom stereocenters. The van der Waals surface area contributed by atoms with Crippen LogP contribution in [0.5, 0.6) is 0 Å². The zero-order chi connectivity index (χ0) is 10.1. The molecule has 2 aromatic rings. The van der Waals surface area contributed by atoms with Crippen molar-refractivity contribution in [2.75, 3.05) is 0 Å². The highest BCUT2D eigenvalue weighted by Crippen LogP contribution is 2.22. The van der Waals surface area contributed by atoms with E-state index in [4.69, 9.17) is 0 Å². The van der Waals surface area contributed by atoms with Crippen molar-refractivity contribution in [3.05, 3.63) is 29.3 Å². The van der Waals surface area contributed by atoms with E-state index in [0.29, 0.717) is 17.3 Å². The number of aryl methyl sites for hydroxylation is 1. The number of aromatic nitrogens is 2. The summed E-state index contributed by atoms with van der Waals surface area (Å²) in [7, 11) is 0. The Balaban J connectivity index is 2.88. The number of rotatable bonds is 2. The van der Waals surface area contributed by atoms with E-state index in [9.17, 15) is 9.18 Å². The summed E-state index contributed by atoms with van der Waals surface area (Å²) < 4.78 is 13.2. The van der Waals surface area contributed by atoms with Crippen LogP contribution < -0.4 is 0 Å². The van der Waals surface area contributed by atoms with Crippen LogP contribution in [0.15, 0.2) is 12.4 Å². The summed E-state index contributed by atoms with van der Waals surface area (Å²) >= 11 is 0. The number of halogens is 1. The number of aldehydes is 1. The number of hydrogen-bond donors (Lipinski definition) is 1. The predicted octanol–water partition coefficient (Wildman–Crippen LogP) is 2.08. The number of nitrogens with zero attached hydrogens (tertiary/aromatic N) is 1. The molecule has 2 rings (SSSR count). The minimum Gasteiger partial charge on any atom is -0.346 e. The first-order valence-corrected chi connectivity index (χ1v) is 4.37. The lowest BCUT2D eigenvalue weighted by atomic mass is 10.1. The molecule has 0 radical (unpaired) electrons. The van der Waals surface area contributed by atoms with Gasteiger partial charge in [0.25, 0.3) is 0 Å². The van der Waals surface area contributed by atoms with Crippen molar-refractivity contribution in [2.45, 2.75) is 13.3 Å². The summed E-state index contributed by atoms with van der Waals surface area (Å²) in [6.07, 6.45) is 4.09. The Labute approximate surface area is 80.0 Å². The second kappa shape index (κ2) is 3.21. The number of carbonyl (C=O) groups is 1. The van der Waals surface area contributed by atoms with E-state index in [2.05, 4.69) is 9.97 Å². The standard InChI is InChI=1S/C10H9FN2O/c1-2-6-3-12-10-9(6)7(5-14)8(11)4-13-10/h3-5H,2H2,1H3,(H,12,13). The largest absolute Gasteiger partial charge is 0.346 e. The van der Waals surface area contributed by atoms with Crippen molar-refractivity contribution in [3.63, 3.8) is 0 Å². The van der Waals surface area contributed by atoms with Gasteiger partial charge in [0.05, 0.1) is 11.8 Å². The second-order valence-corrected chi connectivity index (χ2v) is 3.03. The Hall–Kier alpha value is -1.71. The van der Waals surface area contributed by atoms with Gasteiger partial charge in [0.15, 0.2) is 12.1 Å². The van der Waals surface area contributed by atoms with Gasteiger partial charge in [-0.25, -0.2) is 9.37 Å². The van der Waals surface area contributed by atoms with Crippen LogP contribution in [0.4, 0.5) is 4.39 Å². The maximum atomic E-state index is 13.2. The fourth-order valence-electron chi connectivity index (χ4n) is 1.56. The second-order valence-electron chi connectivity index (χ2n) is 3.03. The Morgan fingerprint density at radius 1 is 1.64 bits per heavy atom. The first-order chi connectivity index (χ1) is 6.77. The minimum absolute atomic E-state index is 0.0908. The molecule has 1 N–H and O–H groups in total. The van der Waals surface area contributed by atoms with Crippen LogP contribution in [0.2, 0.25) is 0 Å². The molecule has 0 aliphatic carbocycles. The van der Waals surface area contributed by atoms with E-state index in [-0.39, 0.29) is 5.56 Å². The maximum absolute atomic E-state index is 13.2. The van der Waals surface area contributed by atoms with Crippen LogP contribution >= 0.6 is 0 Å². The highest BCUT2D eigenvalue weighted by Gasteiger charge is 2.12. The van der Waals surface area contributed by atoms with Gasteiger partial charge in [-0.05, 0) is 12.0 Å². The molecular formula is C10H9FN2O. The third-order valence-corrected chi connectivity index (χ3v) is 2.27. The molecule has 2 aromatic heterocycles. The van der Waals surface area contributed by atoms with Crippen LogP contribution in [0.1, 0.15) is 22.8 Å². The fourth-order valence-corrected chi connectivity index (χ4v) is 1.56. The Bertz CT molecular complexity index is 490. The first-order valence-electron chi connectivity index (χ1n) is 4.37. The number of nitrogens with one attached hydrogen (secondary N) is 1. The predicted molar refractivity (Wildman–Crippen MR) is 50.8 cm³/mol. The van der Waals surface area contributed by atoms with Gasteiger partial charge in [-0.1, -0.05) is 6.92 Å². The van der Waals surface area contributed by atoms with Gasteiger partial charge in [0.2, 0.25) is 0 Å². The van der Waals surface area contributed by atoms with Gasteiger partial charge in [-0.3, -0.25) is 4.79 Å². The molecule has 14 heavy (non-hydrogen) atoms. The molecule has 0 aliphatic rings.